The molecule has 0 saturated carbocycles. The highest BCUT2D eigenvalue weighted by atomic mass is 16.3. The molecule has 0 radical (unpaired) electrons. The topological polar surface area (TPSA) is 138 Å². The van der Waals surface area contributed by atoms with Crippen molar-refractivity contribution in [3.8, 4) is 5.75 Å². The Hall–Kier alpha value is -4.30. The second kappa shape index (κ2) is 11.4. The summed E-state index contributed by atoms with van der Waals surface area (Å²) in [5.74, 6) is -1.77. The number of primary amides is 1. The summed E-state index contributed by atoms with van der Waals surface area (Å²) in [6, 6.07) is 22.6. The van der Waals surface area contributed by atoms with Crippen molar-refractivity contribution in [3.05, 3.63) is 102 Å². The van der Waals surface area contributed by atoms with E-state index in [2.05, 4.69) is 15.3 Å². The molecule has 3 unspecified atom stereocenters. The number of rotatable bonds is 10. The summed E-state index contributed by atoms with van der Waals surface area (Å²) in [7, 11) is 0. The molecule has 0 aliphatic carbocycles. The number of para-hydroxylation sites is 3. The van der Waals surface area contributed by atoms with E-state index in [-0.39, 0.29) is 24.3 Å². The van der Waals surface area contributed by atoms with Crippen LogP contribution in [0.15, 0.2) is 85.1 Å². The molecule has 4 aromatic rings. The van der Waals surface area contributed by atoms with Crippen LogP contribution in [-0.2, 0) is 17.6 Å². The van der Waals surface area contributed by atoms with Gasteiger partial charge in [0.2, 0.25) is 5.91 Å². The van der Waals surface area contributed by atoms with Crippen molar-refractivity contribution < 1.29 is 19.8 Å². The van der Waals surface area contributed by atoms with Crippen LogP contribution in [0, 0.1) is 5.92 Å². The lowest BCUT2D eigenvalue weighted by atomic mass is 9.88. The normalized spacial score (nSPS) is 13.6. The summed E-state index contributed by atoms with van der Waals surface area (Å²) >= 11 is 0. The molecule has 8 heteroatoms. The first-order chi connectivity index (χ1) is 17.4. The van der Waals surface area contributed by atoms with Crippen LogP contribution < -0.4 is 11.1 Å². The minimum atomic E-state index is -1.09. The number of hydrogen-bond donors (Lipinski definition) is 4. The van der Waals surface area contributed by atoms with E-state index in [1.807, 2.05) is 42.5 Å². The van der Waals surface area contributed by atoms with Crippen molar-refractivity contribution >= 4 is 22.8 Å². The van der Waals surface area contributed by atoms with E-state index < -0.39 is 29.9 Å². The second-order valence-electron chi connectivity index (χ2n) is 8.75. The Labute approximate surface area is 208 Å². The zero-order chi connectivity index (χ0) is 25.5. The summed E-state index contributed by atoms with van der Waals surface area (Å²) < 4.78 is 0. The average molecular weight is 485 g/mol. The van der Waals surface area contributed by atoms with Gasteiger partial charge in [0, 0.05) is 5.92 Å². The first-order valence-corrected chi connectivity index (χ1v) is 11.7. The number of aromatic hydroxyl groups is 1. The summed E-state index contributed by atoms with van der Waals surface area (Å²) in [5.41, 5.74) is 8.49. The number of nitrogens with one attached hydrogen (secondary N) is 1. The fourth-order valence-corrected chi connectivity index (χ4v) is 4.16. The van der Waals surface area contributed by atoms with E-state index >= 15 is 0 Å². The molecule has 0 fully saturated rings. The van der Waals surface area contributed by atoms with Gasteiger partial charge >= 0.3 is 0 Å². The molecule has 3 aromatic carbocycles. The SMILES string of the molecule is NC(=O)C(Cc1ccccc1O)CC(O)C(Cc1ccccc1)NC(=O)c1cnc2ccccc2n1. The Morgan fingerprint density at radius 3 is 2.28 bits per heavy atom. The molecular formula is C28H28N4O4. The molecular weight excluding hydrogens is 456 g/mol. The Kier molecular flexibility index (Phi) is 7.87. The van der Waals surface area contributed by atoms with Gasteiger partial charge in [-0.05, 0) is 48.6 Å². The lowest BCUT2D eigenvalue weighted by Gasteiger charge is -2.27. The van der Waals surface area contributed by atoms with E-state index in [4.69, 9.17) is 5.73 Å². The average Bonchev–Trinajstić information content (AvgIpc) is 2.89. The van der Waals surface area contributed by atoms with Gasteiger partial charge in [0.15, 0.2) is 0 Å². The zero-order valence-corrected chi connectivity index (χ0v) is 19.6. The predicted octanol–water partition coefficient (Wildman–Crippen LogP) is 2.77. The van der Waals surface area contributed by atoms with E-state index in [1.165, 1.54) is 12.3 Å². The van der Waals surface area contributed by atoms with Crippen LogP contribution in [0.2, 0.25) is 0 Å². The van der Waals surface area contributed by atoms with Gasteiger partial charge in [0.05, 0.1) is 29.4 Å². The minimum absolute atomic E-state index is 0.00481. The van der Waals surface area contributed by atoms with Gasteiger partial charge in [0.1, 0.15) is 11.4 Å². The number of aliphatic hydroxyl groups excluding tert-OH is 1. The Morgan fingerprint density at radius 1 is 0.889 bits per heavy atom. The number of phenolic OH excluding ortho intramolecular Hbond substituents is 1. The van der Waals surface area contributed by atoms with Gasteiger partial charge in [-0.3, -0.25) is 14.6 Å². The molecule has 2 amide bonds. The molecule has 1 heterocycles. The molecule has 0 spiro atoms. The number of phenols is 1. The number of benzene rings is 3. The second-order valence-corrected chi connectivity index (χ2v) is 8.75. The monoisotopic (exact) mass is 484 g/mol. The Bertz CT molecular complexity index is 1350. The van der Waals surface area contributed by atoms with Gasteiger partial charge < -0.3 is 21.3 Å². The fourth-order valence-electron chi connectivity index (χ4n) is 4.16. The molecule has 3 atom stereocenters. The van der Waals surface area contributed by atoms with E-state index in [9.17, 15) is 19.8 Å². The van der Waals surface area contributed by atoms with Gasteiger partial charge in [0.25, 0.3) is 5.91 Å². The van der Waals surface area contributed by atoms with Crippen LogP contribution in [0.5, 0.6) is 5.75 Å². The molecule has 0 bridgehead atoms. The van der Waals surface area contributed by atoms with E-state index in [0.29, 0.717) is 23.0 Å². The largest absolute Gasteiger partial charge is 0.508 e. The molecule has 4 rings (SSSR count). The lowest BCUT2D eigenvalue weighted by molar-refractivity contribution is -0.122. The number of amides is 2. The first kappa shape index (κ1) is 24.8. The third kappa shape index (κ3) is 6.22. The third-order valence-corrected chi connectivity index (χ3v) is 6.15. The van der Waals surface area contributed by atoms with Crippen LogP contribution in [0.25, 0.3) is 11.0 Å². The number of carbonyl (C=O) groups excluding carboxylic acids is 2. The quantitative estimate of drug-likeness (QED) is 0.273. The zero-order valence-electron chi connectivity index (χ0n) is 19.6. The Morgan fingerprint density at radius 2 is 1.56 bits per heavy atom. The third-order valence-electron chi connectivity index (χ3n) is 6.15. The van der Waals surface area contributed by atoms with Crippen LogP contribution >= 0.6 is 0 Å². The highest BCUT2D eigenvalue weighted by Crippen LogP contribution is 2.23. The van der Waals surface area contributed by atoms with Crippen molar-refractivity contribution in [2.75, 3.05) is 0 Å². The number of aliphatic hydroxyl groups is 1. The van der Waals surface area contributed by atoms with Crippen molar-refractivity contribution in [3.63, 3.8) is 0 Å². The number of nitrogens with two attached hydrogens (primary N) is 1. The molecule has 36 heavy (non-hydrogen) atoms. The van der Waals surface area contributed by atoms with E-state index in [0.717, 1.165) is 5.56 Å². The summed E-state index contributed by atoms with van der Waals surface area (Å²) in [5, 5.41) is 24.2. The number of carbonyl (C=O) groups is 2. The van der Waals surface area contributed by atoms with Crippen LogP contribution in [0.4, 0.5) is 0 Å². The van der Waals surface area contributed by atoms with Crippen molar-refractivity contribution in [2.45, 2.75) is 31.4 Å². The van der Waals surface area contributed by atoms with Gasteiger partial charge in [-0.2, -0.15) is 0 Å². The van der Waals surface area contributed by atoms with Crippen LogP contribution in [0.3, 0.4) is 0 Å². The molecule has 1 aromatic heterocycles. The van der Waals surface area contributed by atoms with Crippen molar-refractivity contribution in [2.24, 2.45) is 11.7 Å². The van der Waals surface area contributed by atoms with E-state index in [1.54, 1.807) is 30.3 Å². The maximum atomic E-state index is 13.1. The van der Waals surface area contributed by atoms with Gasteiger partial charge in [-0.15, -0.1) is 0 Å². The fraction of sp³-hybridized carbons (Fsp3) is 0.214. The standard InChI is InChI=1S/C28H28N4O4/c29-27(35)20(15-19-10-4-7-13-25(19)33)16-26(34)23(14-18-8-2-1-3-9-18)32-28(36)24-17-30-21-11-5-6-12-22(21)31-24/h1-13,17,20,23,26,33-34H,14-16H2,(H2,29,35)(H,32,36). The maximum Gasteiger partial charge on any atom is 0.271 e. The summed E-state index contributed by atoms with van der Waals surface area (Å²) in [6.07, 6.45) is 0.808. The van der Waals surface area contributed by atoms with Gasteiger partial charge in [-0.1, -0.05) is 60.7 Å². The van der Waals surface area contributed by atoms with Crippen LogP contribution in [0.1, 0.15) is 28.0 Å². The Balaban J connectivity index is 1.54. The molecule has 8 nitrogen and oxygen atoms in total. The molecule has 0 saturated heterocycles. The summed E-state index contributed by atoms with van der Waals surface area (Å²) in [6.45, 7) is 0. The first-order valence-electron chi connectivity index (χ1n) is 11.7. The molecule has 0 aliphatic rings. The maximum absolute atomic E-state index is 13.1. The number of hydrogen-bond acceptors (Lipinski definition) is 6. The lowest BCUT2D eigenvalue weighted by Crippen LogP contribution is -2.46. The molecule has 0 aliphatic heterocycles. The molecule has 184 valence electrons. The smallest absolute Gasteiger partial charge is 0.271 e. The van der Waals surface area contributed by atoms with Gasteiger partial charge in [-0.25, -0.2) is 4.98 Å². The predicted molar refractivity (Wildman–Crippen MR) is 136 cm³/mol. The minimum Gasteiger partial charge on any atom is -0.508 e. The highest BCUT2D eigenvalue weighted by Gasteiger charge is 2.29. The summed E-state index contributed by atoms with van der Waals surface area (Å²) in [4.78, 5) is 34.0. The molecule has 5 N–H and O–H groups in total. The number of nitrogens with zero attached hydrogens (tertiary/aromatic N) is 2. The van der Waals surface area contributed by atoms with Crippen molar-refractivity contribution in [1.82, 2.24) is 15.3 Å². The highest BCUT2D eigenvalue weighted by molar-refractivity contribution is 5.94. The van der Waals surface area contributed by atoms with Crippen molar-refractivity contribution in [1.29, 1.82) is 0 Å². The van der Waals surface area contributed by atoms with Crippen LogP contribution in [-0.4, -0.2) is 44.1 Å². The number of aromatic nitrogens is 2. The number of fused-ring (bicyclic) bond motifs is 1.